The van der Waals surface area contributed by atoms with Gasteiger partial charge in [0.15, 0.2) is 0 Å². The molecule has 0 N–H and O–H groups in total. The Bertz CT molecular complexity index is 610. The average Bonchev–Trinajstić information content (AvgIpc) is 3.17. The van der Waals surface area contributed by atoms with Crippen LogP contribution in [0.3, 0.4) is 0 Å². The van der Waals surface area contributed by atoms with Gasteiger partial charge in [0, 0.05) is 37.3 Å². The highest BCUT2D eigenvalue weighted by atomic mass is 15.2. The van der Waals surface area contributed by atoms with E-state index in [1.54, 1.807) is 0 Å². The molecule has 2 aromatic rings. The lowest BCUT2D eigenvalue weighted by Gasteiger charge is -2.25. The van der Waals surface area contributed by atoms with Gasteiger partial charge in [-0.15, -0.1) is 0 Å². The summed E-state index contributed by atoms with van der Waals surface area (Å²) in [7, 11) is 0. The van der Waals surface area contributed by atoms with Crippen LogP contribution in [0.1, 0.15) is 18.4 Å². The van der Waals surface area contributed by atoms with Crippen LogP contribution in [0.4, 0.5) is 5.69 Å². The molecule has 22 heavy (non-hydrogen) atoms. The minimum atomic E-state index is 0.518. The predicted molar refractivity (Wildman–Crippen MR) is 92.0 cm³/mol. The maximum absolute atomic E-state index is 2.64. The summed E-state index contributed by atoms with van der Waals surface area (Å²) in [5.74, 6) is 0. The number of likely N-dealkylation sites (tertiary alicyclic amines) is 1. The minimum absolute atomic E-state index is 0.518. The molecular formula is C20H24N2. The van der Waals surface area contributed by atoms with Crippen LogP contribution < -0.4 is 4.90 Å². The molecule has 0 aliphatic carbocycles. The largest absolute Gasteiger partial charge is 0.371 e. The topological polar surface area (TPSA) is 6.48 Å². The Kier molecular flexibility index (Phi) is 3.63. The molecule has 0 saturated carbocycles. The Morgan fingerprint density at radius 2 is 1.45 bits per heavy atom. The molecule has 114 valence electrons. The summed E-state index contributed by atoms with van der Waals surface area (Å²) in [6, 6.07) is 21.8. The molecule has 4 rings (SSSR count). The Morgan fingerprint density at radius 3 is 2.23 bits per heavy atom. The second-order valence-corrected chi connectivity index (χ2v) is 6.95. The molecule has 1 atom stereocenters. The monoisotopic (exact) mass is 292 g/mol. The zero-order valence-electron chi connectivity index (χ0n) is 13.1. The van der Waals surface area contributed by atoms with Gasteiger partial charge in [-0.25, -0.2) is 0 Å². The Labute approximate surface area is 133 Å². The van der Waals surface area contributed by atoms with E-state index >= 15 is 0 Å². The lowest BCUT2D eigenvalue weighted by atomic mass is 9.86. The Hall–Kier alpha value is -1.80. The van der Waals surface area contributed by atoms with Crippen molar-refractivity contribution in [3.05, 3.63) is 66.2 Å². The third-order valence-corrected chi connectivity index (χ3v) is 5.33. The van der Waals surface area contributed by atoms with Crippen LogP contribution in [0.15, 0.2) is 60.7 Å². The van der Waals surface area contributed by atoms with Crippen molar-refractivity contribution in [2.75, 3.05) is 31.1 Å². The van der Waals surface area contributed by atoms with Crippen molar-refractivity contribution in [3.8, 4) is 0 Å². The van der Waals surface area contributed by atoms with Gasteiger partial charge in [0.2, 0.25) is 0 Å². The molecule has 2 aliphatic heterocycles. The van der Waals surface area contributed by atoms with Gasteiger partial charge < -0.3 is 4.90 Å². The summed E-state index contributed by atoms with van der Waals surface area (Å²) in [5, 5.41) is 0. The van der Waals surface area contributed by atoms with Gasteiger partial charge >= 0.3 is 0 Å². The van der Waals surface area contributed by atoms with Gasteiger partial charge in [0.05, 0.1) is 0 Å². The lowest BCUT2D eigenvalue weighted by Crippen LogP contribution is -2.30. The maximum Gasteiger partial charge on any atom is 0.0366 e. The summed E-state index contributed by atoms with van der Waals surface area (Å²) >= 11 is 0. The number of benzene rings is 2. The van der Waals surface area contributed by atoms with E-state index in [-0.39, 0.29) is 0 Å². The summed E-state index contributed by atoms with van der Waals surface area (Å²) in [6.45, 7) is 6.04. The van der Waals surface area contributed by atoms with Crippen LogP contribution in [0.2, 0.25) is 0 Å². The number of anilines is 1. The summed E-state index contributed by atoms with van der Waals surface area (Å²) in [5.41, 5.74) is 3.35. The quantitative estimate of drug-likeness (QED) is 0.849. The number of rotatable bonds is 3. The van der Waals surface area contributed by atoms with E-state index < -0.39 is 0 Å². The predicted octanol–water partition coefficient (Wildman–Crippen LogP) is 3.79. The summed E-state index contributed by atoms with van der Waals surface area (Å²) in [4.78, 5) is 5.22. The lowest BCUT2D eigenvalue weighted by molar-refractivity contribution is 0.270. The van der Waals surface area contributed by atoms with Gasteiger partial charge in [0.25, 0.3) is 0 Å². The molecule has 2 fully saturated rings. The molecule has 2 aromatic carbocycles. The fourth-order valence-corrected chi connectivity index (χ4v) is 4.13. The average molecular weight is 292 g/mol. The third kappa shape index (κ3) is 2.76. The fraction of sp³-hybridized carbons (Fsp3) is 0.400. The first-order valence-electron chi connectivity index (χ1n) is 8.39. The van der Waals surface area contributed by atoms with Crippen molar-refractivity contribution in [2.45, 2.75) is 19.4 Å². The van der Waals surface area contributed by atoms with Crippen LogP contribution in [0.5, 0.6) is 0 Å². The first-order valence-corrected chi connectivity index (χ1v) is 8.39. The molecule has 2 aliphatic rings. The zero-order valence-corrected chi connectivity index (χ0v) is 13.1. The van der Waals surface area contributed by atoms with Crippen LogP contribution >= 0.6 is 0 Å². The molecule has 1 unspecified atom stereocenters. The van der Waals surface area contributed by atoms with E-state index in [9.17, 15) is 0 Å². The van der Waals surface area contributed by atoms with Crippen molar-refractivity contribution in [2.24, 2.45) is 5.41 Å². The van der Waals surface area contributed by atoms with E-state index in [1.807, 2.05) is 0 Å². The van der Waals surface area contributed by atoms with Crippen molar-refractivity contribution >= 4 is 5.69 Å². The van der Waals surface area contributed by atoms with E-state index in [4.69, 9.17) is 0 Å². The van der Waals surface area contributed by atoms with E-state index in [0.29, 0.717) is 5.41 Å². The molecular weight excluding hydrogens is 268 g/mol. The summed E-state index contributed by atoms with van der Waals surface area (Å²) in [6.07, 6.45) is 2.69. The molecule has 0 radical (unpaired) electrons. The van der Waals surface area contributed by atoms with E-state index in [2.05, 4.69) is 70.5 Å². The first-order chi connectivity index (χ1) is 10.8. The van der Waals surface area contributed by atoms with Crippen LogP contribution in [0.25, 0.3) is 0 Å². The maximum atomic E-state index is 2.64. The van der Waals surface area contributed by atoms with Crippen molar-refractivity contribution in [1.29, 1.82) is 0 Å². The smallest absolute Gasteiger partial charge is 0.0366 e. The third-order valence-electron chi connectivity index (χ3n) is 5.33. The minimum Gasteiger partial charge on any atom is -0.371 e. The highest BCUT2D eigenvalue weighted by Gasteiger charge is 2.43. The summed E-state index contributed by atoms with van der Waals surface area (Å²) < 4.78 is 0. The van der Waals surface area contributed by atoms with Crippen LogP contribution in [-0.2, 0) is 6.54 Å². The number of hydrogen-bond donors (Lipinski definition) is 0. The molecule has 0 amide bonds. The number of para-hydroxylation sites is 1. The molecule has 0 aromatic heterocycles. The Morgan fingerprint density at radius 1 is 0.773 bits per heavy atom. The van der Waals surface area contributed by atoms with E-state index in [0.717, 1.165) is 6.54 Å². The molecule has 2 saturated heterocycles. The van der Waals surface area contributed by atoms with Crippen molar-refractivity contribution < 1.29 is 0 Å². The molecule has 1 spiro atoms. The van der Waals surface area contributed by atoms with Crippen molar-refractivity contribution in [3.63, 3.8) is 0 Å². The van der Waals surface area contributed by atoms with Gasteiger partial charge in [-0.05, 0) is 37.1 Å². The highest BCUT2D eigenvalue weighted by Crippen LogP contribution is 2.41. The second-order valence-electron chi connectivity index (χ2n) is 6.95. The highest BCUT2D eigenvalue weighted by molar-refractivity contribution is 5.47. The normalized spacial score (nSPS) is 25.2. The fourth-order valence-electron chi connectivity index (χ4n) is 4.13. The zero-order chi connectivity index (χ0) is 14.8. The molecule has 2 heterocycles. The molecule has 2 nitrogen and oxygen atoms in total. The first kappa shape index (κ1) is 13.8. The van der Waals surface area contributed by atoms with Crippen molar-refractivity contribution in [1.82, 2.24) is 4.90 Å². The Balaban J connectivity index is 1.40. The van der Waals surface area contributed by atoms with Gasteiger partial charge in [-0.2, -0.15) is 0 Å². The number of nitrogens with zero attached hydrogens (tertiary/aromatic N) is 2. The SMILES string of the molecule is c1ccc(CN2CCC3(CCN(c4ccccc4)C3)C2)cc1. The van der Waals surface area contributed by atoms with Crippen LogP contribution in [0, 0.1) is 5.41 Å². The van der Waals surface area contributed by atoms with Gasteiger partial charge in [-0.3, -0.25) is 4.90 Å². The van der Waals surface area contributed by atoms with Gasteiger partial charge in [-0.1, -0.05) is 48.5 Å². The van der Waals surface area contributed by atoms with Gasteiger partial charge in [0.1, 0.15) is 0 Å². The molecule has 2 heteroatoms. The second kappa shape index (κ2) is 5.77. The standard InChI is InChI=1S/C20H24N2/c1-3-7-18(8-4-1)15-21-13-11-20(16-21)12-14-22(17-20)19-9-5-2-6-10-19/h1-10H,11-17H2. The van der Waals surface area contributed by atoms with E-state index in [1.165, 1.54) is 50.3 Å². The molecule has 0 bridgehead atoms. The van der Waals surface area contributed by atoms with Crippen LogP contribution in [-0.4, -0.2) is 31.1 Å². The number of hydrogen-bond acceptors (Lipinski definition) is 2.